The van der Waals surface area contributed by atoms with Crippen molar-refractivity contribution in [3.63, 3.8) is 0 Å². The Morgan fingerprint density at radius 2 is 1.94 bits per heavy atom. The quantitative estimate of drug-likeness (QED) is 0.659. The first-order valence-electron chi connectivity index (χ1n) is 4.52. The molecule has 1 unspecified atom stereocenters. The predicted molar refractivity (Wildman–Crippen MR) is 52.5 cm³/mol. The highest BCUT2D eigenvalue weighted by molar-refractivity contribution is 6.29. The van der Waals surface area contributed by atoms with Gasteiger partial charge < -0.3 is 10.4 Å². The van der Waals surface area contributed by atoms with Gasteiger partial charge in [-0.15, -0.1) is 0 Å². The molecule has 18 heavy (non-hydrogen) atoms. The van der Waals surface area contributed by atoms with E-state index in [0.29, 0.717) is 0 Å². The molecule has 1 aromatic rings. The van der Waals surface area contributed by atoms with Gasteiger partial charge in [-0.05, 0) is 0 Å². The van der Waals surface area contributed by atoms with Crippen molar-refractivity contribution < 1.29 is 27.1 Å². The van der Waals surface area contributed by atoms with Crippen LogP contribution in [-0.4, -0.2) is 34.1 Å². The molecule has 0 fully saturated rings. The van der Waals surface area contributed by atoms with Crippen molar-refractivity contribution in [3.05, 3.63) is 17.0 Å². The van der Waals surface area contributed by atoms with Crippen LogP contribution >= 0.6 is 11.6 Å². The second kappa shape index (κ2) is 5.61. The van der Waals surface area contributed by atoms with Gasteiger partial charge in [-0.3, -0.25) is 0 Å². The lowest BCUT2D eigenvalue weighted by Gasteiger charge is -2.12. The molecular weight excluding hydrogens is 285 g/mol. The molecule has 0 aliphatic carbocycles. The molecule has 1 heterocycles. The number of aliphatic hydroxyl groups excluding tert-OH is 1. The lowest BCUT2D eigenvalue weighted by Crippen LogP contribution is -2.27. The fourth-order valence-corrected chi connectivity index (χ4v) is 1.12. The van der Waals surface area contributed by atoms with Crippen LogP contribution < -0.4 is 5.32 Å². The van der Waals surface area contributed by atoms with E-state index in [9.17, 15) is 22.0 Å². The van der Waals surface area contributed by atoms with Crippen molar-refractivity contribution in [2.24, 2.45) is 0 Å². The van der Waals surface area contributed by atoms with Crippen LogP contribution in [0.4, 0.5) is 27.8 Å². The summed E-state index contributed by atoms with van der Waals surface area (Å²) in [6, 6.07) is 0.926. The molecule has 1 aromatic heterocycles. The smallest absolute Gasteiger partial charge is 0.385 e. The average Bonchev–Trinajstić information content (AvgIpc) is 2.23. The van der Waals surface area contributed by atoms with Crippen molar-refractivity contribution in [3.8, 4) is 0 Å². The zero-order valence-electron chi connectivity index (χ0n) is 8.55. The highest BCUT2D eigenvalue weighted by Crippen LogP contribution is 2.28. The van der Waals surface area contributed by atoms with E-state index in [1.54, 1.807) is 0 Å². The molecule has 10 heteroatoms. The highest BCUT2D eigenvalue weighted by Gasteiger charge is 2.35. The number of anilines is 1. The largest absolute Gasteiger partial charge is 0.451 e. The van der Waals surface area contributed by atoms with E-state index in [-0.39, 0.29) is 0 Å². The normalized spacial score (nSPS) is 13.8. The van der Waals surface area contributed by atoms with E-state index in [2.05, 4.69) is 15.3 Å². The monoisotopic (exact) mass is 291 g/mol. The van der Waals surface area contributed by atoms with Gasteiger partial charge in [-0.25, -0.2) is 18.7 Å². The number of alkyl halides is 5. The minimum atomic E-state index is -4.80. The molecule has 0 saturated heterocycles. The molecule has 0 aromatic carbocycles. The van der Waals surface area contributed by atoms with Crippen LogP contribution in [0.1, 0.15) is 5.82 Å². The topological polar surface area (TPSA) is 58.0 Å². The molecule has 0 aliphatic heterocycles. The summed E-state index contributed by atoms with van der Waals surface area (Å²) in [5.41, 5.74) is 0. The van der Waals surface area contributed by atoms with Crippen molar-refractivity contribution >= 4 is 17.4 Å². The summed E-state index contributed by atoms with van der Waals surface area (Å²) < 4.78 is 60.8. The van der Waals surface area contributed by atoms with Gasteiger partial charge in [-0.2, -0.15) is 13.2 Å². The van der Waals surface area contributed by atoms with Crippen LogP contribution in [0.15, 0.2) is 6.07 Å². The maximum absolute atomic E-state index is 12.3. The predicted octanol–water partition coefficient (Wildman–Crippen LogP) is 2.19. The van der Waals surface area contributed by atoms with Crippen LogP contribution in [0.2, 0.25) is 5.15 Å². The van der Waals surface area contributed by atoms with Crippen molar-refractivity contribution in [1.82, 2.24) is 9.97 Å². The number of hydrogen-bond donors (Lipinski definition) is 2. The minimum absolute atomic E-state index is 0.401. The third kappa shape index (κ3) is 4.22. The number of aliphatic hydroxyl groups is 1. The van der Waals surface area contributed by atoms with E-state index >= 15 is 0 Å². The van der Waals surface area contributed by atoms with Crippen molar-refractivity contribution in [2.45, 2.75) is 18.7 Å². The Hall–Kier alpha value is -1.22. The number of hydrogen-bond acceptors (Lipinski definition) is 4. The Kier molecular flexibility index (Phi) is 4.63. The van der Waals surface area contributed by atoms with Gasteiger partial charge in [-0.1, -0.05) is 11.6 Å². The van der Waals surface area contributed by atoms with E-state index in [1.807, 2.05) is 0 Å². The van der Waals surface area contributed by atoms with Gasteiger partial charge in [0, 0.05) is 12.6 Å². The summed E-state index contributed by atoms with van der Waals surface area (Å²) in [4.78, 5) is 5.99. The van der Waals surface area contributed by atoms with E-state index < -0.39 is 42.0 Å². The van der Waals surface area contributed by atoms with Crippen molar-refractivity contribution in [2.75, 3.05) is 11.9 Å². The summed E-state index contributed by atoms with van der Waals surface area (Å²) in [5, 5.41) is 10.4. The maximum atomic E-state index is 12.3. The zero-order chi connectivity index (χ0) is 13.9. The molecule has 1 atom stereocenters. The number of aromatic nitrogens is 2. The Bertz CT molecular complexity index is 414. The summed E-state index contributed by atoms with van der Waals surface area (Å²) in [6.45, 7) is -0.664. The molecular formula is C8H7ClF5N3O. The number of nitrogens with zero attached hydrogens (tertiary/aromatic N) is 2. The zero-order valence-corrected chi connectivity index (χ0v) is 9.30. The van der Waals surface area contributed by atoms with Gasteiger partial charge in [0.25, 0.3) is 6.43 Å². The highest BCUT2D eigenvalue weighted by atomic mass is 35.5. The maximum Gasteiger partial charge on any atom is 0.451 e. The standard InChI is InChI=1S/C8H7ClF5N3O/c9-4-1-5(15-2-3(18)6(10)11)17-7(16-4)8(12,13)14/h1,3,6,18H,2H2,(H,15,16,17). The molecule has 0 spiro atoms. The first kappa shape index (κ1) is 14.8. The fraction of sp³-hybridized carbons (Fsp3) is 0.500. The first-order chi connectivity index (χ1) is 8.20. The minimum Gasteiger partial charge on any atom is -0.385 e. The van der Waals surface area contributed by atoms with Crippen LogP contribution in [-0.2, 0) is 6.18 Å². The lowest BCUT2D eigenvalue weighted by atomic mass is 10.3. The van der Waals surface area contributed by atoms with Gasteiger partial charge >= 0.3 is 6.18 Å². The molecule has 0 radical (unpaired) electrons. The van der Waals surface area contributed by atoms with Gasteiger partial charge in [0.05, 0.1) is 0 Å². The molecule has 2 N–H and O–H groups in total. The second-order valence-electron chi connectivity index (χ2n) is 3.18. The molecule has 4 nitrogen and oxygen atoms in total. The summed E-state index contributed by atoms with van der Waals surface area (Å²) >= 11 is 5.33. The molecule has 0 amide bonds. The molecule has 0 bridgehead atoms. The molecule has 102 valence electrons. The second-order valence-corrected chi connectivity index (χ2v) is 3.57. The van der Waals surface area contributed by atoms with Crippen LogP contribution in [0, 0.1) is 0 Å². The first-order valence-corrected chi connectivity index (χ1v) is 4.90. The molecule has 1 rings (SSSR count). The van der Waals surface area contributed by atoms with Crippen LogP contribution in [0.3, 0.4) is 0 Å². The van der Waals surface area contributed by atoms with Crippen LogP contribution in [0.25, 0.3) is 0 Å². The third-order valence-corrected chi connectivity index (χ3v) is 1.93. The van der Waals surface area contributed by atoms with Crippen molar-refractivity contribution in [1.29, 1.82) is 0 Å². The van der Waals surface area contributed by atoms with Crippen LogP contribution in [0.5, 0.6) is 0 Å². The Morgan fingerprint density at radius 3 is 2.44 bits per heavy atom. The molecule has 0 aliphatic rings. The van der Waals surface area contributed by atoms with E-state index in [4.69, 9.17) is 16.7 Å². The lowest BCUT2D eigenvalue weighted by molar-refractivity contribution is -0.144. The SMILES string of the molecule is OC(CNc1cc(Cl)nc(C(F)(F)F)n1)C(F)F. The number of nitrogens with one attached hydrogen (secondary N) is 1. The summed E-state index contributed by atoms with van der Waals surface area (Å²) in [5.74, 6) is -1.90. The van der Waals surface area contributed by atoms with Gasteiger partial charge in [0.15, 0.2) is 0 Å². The van der Waals surface area contributed by atoms with E-state index in [0.717, 1.165) is 6.07 Å². The average molecular weight is 292 g/mol. The third-order valence-electron chi connectivity index (χ3n) is 1.73. The number of halogens is 6. The van der Waals surface area contributed by atoms with E-state index in [1.165, 1.54) is 0 Å². The van der Waals surface area contributed by atoms with Gasteiger partial charge in [0.2, 0.25) is 5.82 Å². The Labute approximate surface area is 103 Å². The Morgan fingerprint density at radius 1 is 1.33 bits per heavy atom. The fourth-order valence-electron chi connectivity index (χ4n) is 0.933. The Balaban J connectivity index is 2.81. The summed E-state index contributed by atoms with van der Waals surface area (Å²) in [7, 11) is 0. The summed E-state index contributed by atoms with van der Waals surface area (Å²) in [6.07, 6.45) is -9.84. The molecule has 0 saturated carbocycles. The van der Waals surface area contributed by atoms with Gasteiger partial charge in [0.1, 0.15) is 17.1 Å². The number of rotatable bonds is 4.